The molecule has 0 bridgehead atoms. The van der Waals surface area contributed by atoms with Crippen LogP contribution in [0.15, 0.2) is 35.3 Å². The number of pyridine rings is 1. The van der Waals surface area contributed by atoms with Gasteiger partial charge in [-0.3, -0.25) is 9.48 Å². The lowest BCUT2D eigenvalue weighted by atomic mass is 9.94. The lowest BCUT2D eigenvalue weighted by Crippen LogP contribution is -2.51. The molecule has 0 atom stereocenters. The van der Waals surface area contributed by atoms with E-state index >= 15 is 0 Å². The van der Waals surface area contributed by atoms with Gasteiger partial charge in [-0.25, -0.2) is 17.1 Å². The highest BCUT2D eigenvalue weighted by Crippen LogP contribution is 2.30. The van der Waals surface area contributed by atoms with Gasteiger partial charge in [0, 0.05) is 42.4 Å². The maximum absolute atomic E-state index is 14.5. The Morgan fingerprint density at radius 2 is 2.00 bits per heavy atom. The lowest BCUT2D eigenvalue weighted by molar-refractivity contribution is 0.261. The normalized spacial score (nSPS) is 15.9. The second-order valence-electron chi connectivity index (χ2n) is 7.62. The van der Waals surface area contributed by atoms with Crippen LogP contribution in [0.1, 0.15) is 32.3 Å². The van der Waals surface area contributed by atoms with Gasteiger partial charge in [0.25, 0.3) is 5.56 Å². The van der Waals surface area contributed by atoms with Gasteiger partial charge >= 0.3 is 0 Å². The molecule has 0 spiro atoms. The van der Waals surface area contributed by atoms with Crippen LogP contribution in [0, 0.1) is 5.82 Å². The molecule has 2 aromatic heterocycles. The molecule has 3 heterocycles. The van der Waals surface area contributed by atoms with Gasteiger partial charge in [0.2, 0.25) is 10.0 Å². The smallest absolute Gasteiger partial charge is 0.251 e. The van der Waals surface area contributed by atoms with E-state index in [9.17, 15) is 17.6 Å². The topological polar surface area (TPSA) is 88.1 Å². The van der Waals surface area contributed by atoms with E-state index in [0.717, 1.165) is 0 Å². The number of nitrogens with zero attached hydrogens (tertiary/aromatic N) is 3. The van der Waals surface area contributed by atoms with Crippen molar-refractivity contribution in [2.45, 2.75) is 38.5 Å². The number of aromatic amines is 1. The summed E-state index contributed by atoms with van der Waals surface area (Å²) in [6.07, 6.45) is 1.50. The van der Waals surface area contributed by atoms with Gasteiger partial charge < -0.3 is 4.98 Å². The predicted octanol–water partition coefficient (Wildman–Crippen LogP) is 2.69. The molecule has 29 heavy (non-hydrogen) atoms. The first-order valence-electron chi connectivity index (χ1n) is 9.60. The summed E-state index contributed by atoms with van der Waals surface area (Å²) in [5.74, 6) is -0.530. The van der Waals surface area contributed by atoms with Gasteiger partial charge in [-0.1, -0.05) is 6.07 Å². The summed E-state index contributed by atoms with van der Waals surface area (Å²) < 4.78 is 41.9. The summed E-state index contributed by atoms with van der Waals surface area (Å²) in [4.78, 5) is 15.4. The van der Waals surface area contributed by atoms with Crippen LogP contribution >= 0.6 is 0 Å². The molecule has 1 aliphatic rings. The minimum Gasteiger partial charge on any atom is -0.322 e. The molecule has 1 aliphatic heterocycles. The number of benzene rings is 1. The van der Waals surface area contributed by atoms with Gasteiger partial charge in [-0.05, 0) is 39.0 Å². The number of H-pyrrole nitrogens is 1. The summed E-state index contributed by atoms with van der Waals surface area (Å²) >= 11 is 0. The van der Waals surface area contributed by atoms with Crippen molar-refractivity contribution in [3.05, 3.63) is 52.2 Å². The van der Waals surface area contributed by atoms with E-state index in [-0.39, 0.29) is 11.5 Å². The van der Waals surface area contributed by atoms with Crippen molar-refractivity contribution in [2.24, 2.45) is 0 Å². The van der Waals surface area contributed by atoms with Crippen LogP contribution in [0.4, 0.5) is 4.39 Å². The van der Waals surface area contributed by atoms with E-state index in [0.29, 0.717) is 47.4 Å². The molecule has 1 fully saturated rings. The van der Waals surface area contributed by atoms with E-state index < -0.39 is 21.1 Å². The fourth-order valence-electron chi connectivity index (χ4n) is 3.66. The van der Waals surface area contributed by atoms with E-state index in [1.807, 2.05) is 6.92 Å². The Bertz CT molecular complexity index is 1240. The van der Waals surface area contributed by atoms with Crippen LogP contribution in [0.2, 0.25) is 0 Å². The van der Waals surface area contributed by atoms with Crippen molar-refractivity contribution in [1.82, 2.24) is 19.1 Å². The van der Waals surface area contributed by atoms with E-state index in [4.69, 9.17) is 0 Å². The Balaban J connectivity index is 1.62. The predicted molar refractivity (Wildman–Crippen MR) is 110 cm³/mol. The molecule has 154 valence electrons. The van der Waals surface area contributed by atoms with Crippen molar-refractivity contribution in [3.63, 3.8) is 0 Å². The molecular formula is C20H23FN4O3S. The number of nitrogens with one attached hydrogen (secondary N) is 1. The summed E-state index contributed by atoms with van der Waals surface area (Å²) in [6, 6.07) is 6.64. The number of hydrogen-bond donors (Lipinski definition) is 1. The number of aromatic nitrogens is 3. The zero-order valence-electron chi connectivity index (χ0n) is 16.5. The molecule has 0 radical (unpaired) electrons. The van der Waals surface area contributed by atoms with Crippen molar-refractivity contribution < 1.29 is 12.8 Å². The standard InChI is InChI=1S/C20H23FN4O3S/c1-4-25-19-8-13(7-17(21)16(19)9-22-25)18-6-5-15(20(26)23-18)14-10-24(11-14)29(27,28)12(2)3/h5-9,12,14H,4,10-11H2,1-3H3,(H,23,26). The molecule has 1 aromatic carbocycles. The first-order chi connectivity index (χ1) is 13.7. The highest BCUT2D eigenvalue weighted by Gasteiger charge is 2.38. The van der Waals surface area contributed by atoms with Crippen LogP contribution in [0.5, 0.6) is 0 Å². The number of aryl methyl sites for hydroxylation is 1. The van der Waals surface area contributed by atoms with Crippen LogP contribution < -0.4 is 5.56 Å². The molecule has 0 amide bonds. The zero-order chi connectivity index (χ0) is 20.9. The highest BCUT2D eigenvalue weighted by molar-refractivity contribution is 7.89. The second-order valence-corrected chi connectivity index (χ2v) is 10.1. The number of halogens is 1. The van der Waals surface area contributed by atoms with Crippen LogP contribution in [-0.4, -0.2) is 45.8 Å². The first-order valence-corrected chi connectivity index (χ1v) is 11.1. The third-order valence-corrected chi connectivity index (χ3v) is 7.72. The Kier molecular flexibility index (Phi) is 4.82. The molecule has 3 aromatic rings. The molecule has 0 saturated carbocycles. The summed E-state index contributed by atoms with van der Waals surface area (Å²) in [6.45, 7) is 6.43. The fourth-order valence-corrected chi connectivity index (χ4v) is 5.03. The average molecular weight is 418 g/mol. The third-order valence-electron chi connectivity index (χ3n) is 5.51. The molecule has 0 unspecified atom stereocenters. The summed E-state index contributed by atoms with van der Waals surface area (Å²) in [5, 5.41) is 4.13. The summed E-state index contributed by atoms with van der Waals surface area (Å²) in [5.41, 5.74) is 2.00. The number of rotatable bonds is 5. The van der Waals surface area contributed by atoms with Crippen LogP contribution in [0.25, 0.3) is 22.2 Å². The Labute approximate surface area is 168 Å². The number of hydrogen-bond acceptors (Lipinski definition) is 4. The Morgan fingerprint density at radius 1 is 1.28 bits per heavy atom. The number of sulfonamides is 1. The van der Waals surface area contributed by atoms with Gasteiger partial charge in [0.1, 0.15) is 5.82 Å². The van der Waals surface area contributed by atoms with Crippen LogP contribution in [-0.2, 0) is 16.6 Å². The SMILES string of the molecule is CCn1ncc2c(F)cc(-c3ccc(C4CN(S(=O)(=O)C(C)C)C4)c(=O)[nH]3)cc21. The molecule has 7 nitrogen and oxygen atoms in total. The van der Waals surface area contributed by atoms with Crippen molar-refractivity contribution in [1.29, 1.82) is 0 Å². The minimum absolute atomic E-state index is 0.137. The van der Waals surface area contributed by atoms with E-state index in [1.54, 1.807) is 36.7 Å². The van der Waals surface area contributed by atoms with Crippen molar-refractivity contribution in [2.75, 3.05) is 13.1 Å². The zero-order valence-corrected chi connectivity index (χ0v) is 17.3. The molecule has 4 rings (SSSR count). The summed E-state index contributed by atoms with van der Waals surface area (Å²) in [7, 11) is -3.30. The molecule has 1 saturated heterocycles. The lowest BCUT2D eigenvalue weighted by Gasteiger charge is -2.39. The maximum atomic E-state index is 14.5. The van der Waals surface area contributed by atoms with Gasteiger partial charge in [-0.15, -0.1) is 0 Å². The second kappa shape index (κ2) is 7.07. The largest absolute Gasteiger partial charge is 0.322 e. The quantitative estimate of drug-likeness (QED) is 0.690. The average Bonchev–Trinajstić information content (AvgIpc) is 3.05. The Morgan fingerprint density at radius 3 is 2.62 bits per heavy atom. The first kappa shape index (κ1) is 19.8. The van der Waals surface area contributed by atoms with Crippen LogP contribution in [0.3, 0.4) is 0 Å². The third kappa shape index (κ3) is 3.28. The minimum atomic E-state index is -3.30. The Hall–Kier alpha value is -2.52. The maximum Gasteiger partial charge on any atom is 0.251 e. The molecule has 1 N–H and O–H groups in total. The monoisotopic (exact) mass is 418 g/mol. The molecule has 9 heteroatoms. The number of fused-ring (bicyclic) bond motifs is 1. The van der Waals surface area contributed by atoms with Gasteiger partial charge in [0.05, 0.1) is 22.3 Å². The van der Waals surface area contributed by atoms with E-state index in [1.165, 1.54) is 16.6 Å². The highest BCUT2D eigenvalue weighted by atomic mass is 32.2. The van der Waals surface area contributed by atoms with Crippen molar-refractivity contribution in [3.8, 4) is 11.3 Å². The van der Waals surface area contributed by atoms with Gasteiger partial charge in [0.15, 0.2) is 0 Å². The molecule has 0 aliphatic carbocycles. The molecular weight excluding hydrogens is 395 g/mol. The van der Waals surface area contributed by atoms with Gasteiger partial charge in [-0.2, -0.15) is 5.10 Å². The van der Waals surface area contributed by atoms with E-state index in [2.05, 4.69) is 10.1 Å². The fraction of sp³-hybridized carbons (Fsp3) is 0.400. The van der Waals surface area contributed by atoms with Crippen molar-refractivity contribution >= 4 is 20.9 Å².